The quantitative estimate of drug-likeness (QED) is 0.186. The first kappa shape index (κ1) is 26.5. The number of hydrazine groups is 2. The minimum Gasteiger partial charge on any atom is -0.275 e. The van der Waals surface area contributed by atoms with Crippen LogP contribution in [0.5, 0.6) is 0 Å². The average Bonchev–Trinajstić information content (AvgIpc) is 3.49. The maximum atomic E-state index is 13.2. The number of hydrazone groups is 1. The van der Waals surface area contributed by atoms with E-state index in [-0.39, 0.29) is 35.1 Å². The van der Waals surface area contributed by atoms with E-state index < -0.39 is 16.3 Å². The lowest BCUT2D eigenvalue weighted by Crippen LogP contribution is -2.53. The number of non-ortho nitro benzene ring substituents is 1. The van der Waals surface area contributed by atoms with Crippen LogP contribution in [0, 0.1) is 15.9 Å². The van der Waals surface area contributed by atoms with Gasteiger partial charge in [-0.15, -0.1) is 24.4 Å². The number of carbonyl (C=O) groups excluding carboxylic acids is 2. The summed E-state index contributed by atoms with van der Waals surface area (Å²) in [4.78, 5) is 35.8. The predicted octanol–water partition coefficient (Wildman–Crippen LogP) is 2.99. The Morgan fingerprint density at radius 3 is 2.31 bits per heavy atom. The van der Waals surface area contributed by atoms with E-state index in [2.05, 4.69) is 34.0 Å². The van der Waals surface area contributed by atoms with Crippen molar-refractivity contribution in [1.29, 1.82) is 0 Å². The van der Waals surface area contributed by atoms with Crippen molar-refractivity contribution in [2.24, 2.45) is 5.10 Å². The second-order valence-corrected chi connectivity index (χ2v) is 10.1. The normalized spacial score (nSPS) is 18.6. The van der Waals surface area contributed by atoms with Crippen LogP contribution in [0.25, 0.3) is 11.1 Å². The molecule has 2 aliphatic heterocycles. The predicted molar refractivity (Wildman–Crippen MR) is 147 cm³/mol. The van der Waals surface area contributed by atoms with Crippen LogP contribution in [0.4, 0.5) is 10.1 Å². The third-order valence-electron chi connectivity index (χ3n) is 5.99. The molecule has 3 N–H and O–H groups in total. The van der Waals surface area contributed by atoms with E-state index in [9.17, 15) is 24.1 Å². The van der Waals surface area contributed by atoms with Crippen LogP contribution in [0.2, 0.25) is 0 Å². The number of nitro benzene ring substituents is 1. The van der Waals surface area contributed by atoms with Crippen LogP contribution in [0.15, 0.2) is 77.9 Å². The summed E-state index contributed by atoms with van der Waals surface area (Å²) in [6, 6.07) is 19.6. The Morgan fingerprint density at radius 2 is 1.67 bits per heavy atom. The molecule has 0 radical (unpaired) electrons. The Balaban J connectivity index is 1.21. The lowest BCUT2D eigenvalue weighted by atomic mass is 10.0. The van der Waals surface area contributed by atoms with Crippen molar-refractivity contribution in [3.05, 3.63) is 99.9 Å². The van der Waals surface area contributed by atoms with E-state index in [1.807, 2.05) is 24.3 Å². The smallest absolute Gasteiger partial charge is 0.269 e. The van der Waals surface area contributed by atoms with Gasteiger partial charge < -0.3 is 0 Å². The monoisotopic (exact) mass is 567 g/mol. The first-order valence-electron chi connectivity index (χ1n) is 11.7. The Kier molecular flexibility index (Phi) is 7.67. The maximum Gasteiger partial charge on any atom is 0.269 e. The van der Waals surface area contributed by atoms with Gasteiger partial charge in [0.1, 0.15) is 11.2 Å². The van der Waals surface area contributed by atoms with Gasteiger partial charge in [0.25, 0.3) is 11.6 Å². The van der Waals surface area contributed by atoms with Crippen LogP contribution < -0.4 is 16.3 Å². The molecule has 2 atom stereocenters. The SMILES string of the molecule is O=C(CNN1C(=O)CSC1c1ccc(-c2ccc(F)cc2)cc1)NN1C(c2ccc([N+](=O)[O-])cc2)=NNC1S. The first-order valence-corrected chi connectivity index (χ1v) is 13.2. The zero-order chi connectivity index (χ0) is 27.5. The van der Waals surface area contributed by atoms with E-state index in [4.69, 9.17) is 0 Å². The zero-order valence-corrected chi connectivity index (χ0v) is 21.9. The lowest BCUT2D eigenvalue weighted by Gasteiger charge is -2.27. The number of halogens is 1. The van der Waals surface area contributed by atoms with E-state index in [0.717, 1.165) is 16.7 Å². The highest BCUT2D eigenvalue weighted by Gasteiger charge is 2.34. The number of rotatable bonds is 8. The highest BCUT2D eigenvalue weighted by molar-refractivity contribution is 8.00. The van der Waals surface area contributed by atoms with Crippen molar-refractivity contribution in [2.75, 3.05) is 12.3 Å². The molecule has 0 aromatic heterocycles. The topological polar surface area (TPSA) is 132 Å². The molecular weight excluding hydrogens is 545 g/mol. The van der Waals surface area contributed by atoms with Gasteiger partial charge in [-0.3, -0.25) is 35.6 Å². The molecular formula is C25H22FN7O4S2. The van der Waals surface area contributed by atoms with Crippen LogP contribution in [0.1, 0.15) is 16.5 Å². The number of nitro groups is 1. The number of amides is 2. The molecule has 2 aliphatic rings. The lowest BCUT2D eigenvalue weighted by molar-refractivity contribution is -0.384. The second kappa shape index (κ2) is 11.3. The summed E-state index contributed by atoms with van der Waals surface area (Å²) in [5.74, 6) is -0.344. The minimum atomic E-state index is -0.671. The van der Waals surface area contributed by atoms with Crippen LogP contribution in [-0.2, 0) is 9.59 Å². The molecule has 0 saturated carbocycles. The summed E-state index contributed by atoms with van der Waals surface area (Å²) in [6.07, 6.45) is 0. The van der Waals surface area contributed by atoms with Crippen molar-refractivity contribution in [2.45, 2.75) is 10.9 Å². The van der Waals surface area contributed by atoms with Gasteiger partial charge in [0, 0.05) is 17.7 Å². The van der Waals surface area contributed by atoms with Crippen LogP contribution >= 0.6 is 24.4 Å². The van der Waals surface area contributed by atoms with Crippen LogP contribution in [-0.4, -0.2) is 50.4 Å². The number of nitrogens with one attached hydrogen (secondary N) is 3. The molecule has 2 unspecified atom stereocenters. The fourth-order valence-corrected chi connectivity index (χ4v) is 5.41. The number of nitrogens with zero attached hydrogens (tertiary/aromatic N) is 4. The fraction of sp³-hybridized carbons (Fsp3) is 0.160. The van der Waals surface area contributed by atoms with Crippen molar-refractivity contribution >= 4 is 47.7 Å². The molecule has 2 heterocycles. The van der Waals surface area contributed by atoms with Gasteiger partial charge in [0.2, 0.25) is 5.91 Å². The summed E-state index contributed by atoms with van der Waals surface area (Å²) in [7, 11) is 0. The number of amidine groups is 1. The third-order valence-corrected chi connectivity index (χ3v) is 7.55. The van der Waals surface area contributed by atoms with E-state index in [1.165, 1.54) is 58.2 Å². The standard InChI is InChI=1S/C25H22FN7O4S2/c26-19-9-5-16(6-10-19)15-1-3-18(4-2-15)24-31(22(35)14-39-24)27-13-21(34)30-32-23(28-29-25(32)38)17-7-11-20(12-8-17)33(36)37/h1-12,24-25,27,29,38H,13-14H2,(H,30,34). The molecule has 2 amide bonds. The summed E-state index contributed by atoms with van der Waals surface area (Å²) in [6.45, 7) is -0.207. The summed E-state index contributed by atoms with van der Waals surface area (Å²) in [5, 5.41) is 17.6. The maximum absolute atomic E-state index is 13.2. The number of thiol groups is 1. The van der Waals surface area contributed by atoms with Gasteiger partial charge in [0.15, 0.2) is 11.3 Å². The van der Waals surface area contributed by atoms with Crippen molar-refractivity contribution in [1.82, 2.24) is 26.3 Å². The molecule has 200 valence electrons. The van der Waals surface area contributed by atoms with Gasteiger partial charge in [-0.05, 0) is 41.0 Å². The molecule has 0 spiro atoms. The molecule has 0 bridgehead atoms. The number of hydrogen-bond acceptors (Lipinski definition) is 10. The van der Waals surface area contributed by atoms with Crippen molar-refractivity contribution in [3.8, 4) is 11.1 Å². The summed E-state index contributed by atoms with van der Waals surface area (Å²) in [5.41, 5.74) is 10.8. The average molecular weight is 568 g/mol. The minimum absolute atomic E-state index is 0.0692. The van der Waals surface area contributed by atoms with E-state index >= 15 is 0 Å². The third kappa shape index (κ3) is 5.82. The van der Waals surface area contributed by atoms with Gasteiger partial charge in [-0.1, -0.05) is 36.4 Å². The Morgan fingerprint density at radius 1 is 1.05 bits per heavy atom. The highest BCUT2D eigenvalue weighted by atomic mass is 32.2. The van der Waals surface area contributed by atoms with E-state index in [1.54, 1.807) is 12.1 Å². The van der Waals surface area contributed by atoms with Gasteiger partial charge >= 0.3 is 0 Å². The molecule has 0 aliphatic carbocycles. The number of hydrogen-bond donors (Lipinski definition) is 4. The molecule has 1 fully saturated rings. The second-order valence-electron chi connectivity index (χ2n) is 8.54. The Bertz CT molecular complexity index is 1420. The highest BCUT2D eigenvalue weighted by Crippen LogP contribution is 2.37. The molecule has 5 rings (SSSR count). The molecule has 3 aromatic rings. The van der Waals surface area contributed by atoms with Gasteiger partial charge in [-0.2, -0.15) is 5.10 Å². The number of benzene rings is 3. The van der Waals surface area contributed by atoms with Crippen molar-refractivity contribution in [3.63, 3.8) is 0 Å². The summed E-state index contributed by atoms with van der Waals surface area (Å²) >= 11 is 5.80. The van der Waals surface area contributed by atoms with Crippen molar-refractivity contribution < 1.29 is 18.9 Å². The zero-order valence-electron chi connectivity index (χ0n) is 20.2. The fourth-order valence-electron chi connectivity index (χ4n) is 4.05. The number of thioether (sulfide) groups is 1. The van der Waals surface area contributed by atoms with Gasteiger partial charge in [-0.25, -0.2) is 14.8 Å². The molecule has 39 heavy (non-hydrogen) atoms. The molecule has 14 heteroatoms. The summed E-state index contributed by atoms with van der Waals surface area (Å²) < 4.78 is 13.2. The Labute approximate surface area is 231 Å². The van der Waals surface area contributed by atoms with Gasteiger partial charge in [0.05, 0.1) is 17.2 Å². The van der Waals surface area contributed by atoms with E-state index in [0.29, 0.717) is 11.4 Å². The largest absolute Gasteiger partial charge is 0.275 e. The number of carbonyl (C=O) groups is 2. The van der Waals surface area contributed by atoms with Crippen LogP contribution in [0.3, 0.4) is 0 Å². The molecule has 11 nitrogen and oxygen atoms in total. The molecule has 3 aromatic carbocycles. The Hall–Kier alpha value is -4.14. The first-order chi connectivity index (χ1) is 18.8. The molecule has 1 saturated heterocycles.